The molecular formula is C24H26O. The first-order valence-electron chi connectivity index (χ1n) is 9.04. The molecule has 0 fully saturated rings. The second-order valence-corrected chi connectivity index (χ2v) is 9.22. The first-order chi connectivity index (χ1) is 11.6. The highest BCUT2D eigenvalue weighted by Gasteiger charge is 2.17. The van der Waals surface area contributed by atoms with Crippen molar-refractivity contribution in [3.63, 3.8) is 0 Å². The molecule has 0 unspecified atom stereocenters. The lowest BCUT2D eigenvalue weighted by Crippen LogP contribution is -2.10. The minimum Gasteiger partial charge on any atom is -0.456 e. The molecule has 25 heavy (non-hydrogen) atoms. The van der Waals surface area contributed by atoms with Crippen LogP contribution in [0.2, 0.25) is 0 Å². The smallest absolute Gasteiger partial charge is 0.136 e. The van der Waals surface area contributed by atoms with Crippen molar-refractivity contribution in [2.75, 3.05) is 0 Å². The summed E-state index contributed by atoms with van der Waals surface area (Å²) < 4.78 is 6.22. The van der Waals surface area contributed by atoms with Gasteiger partial charge in [0.05, 0.1) is 0 Å². The van der Waals surface area contributed by atoms with Gasteiger partial charge in [-0.1, -0.05) is 71.9 Å². The van der Waals surface area contributed by atoms with Crippen LogP contribution in [-0.2, 0) is 10.8 Å². The van der Waals surface area contributed by atoms with Crippen molar-refractivity contribution in [2.45, 2.75) is 52.4 Å². The molecule has 1 aromatic heterocycles. The van der Waals surface area contributed by atoms with E-state index in [1.54, 1.807) is 0 Å². The highest BCUT2D eigenvalue weighted by Crippen LogP contribution is 2.36. The van der Waals surface area contributed by atoms with E-state index in [1.165, 1.54) is 32.7 Å². The van der Waals surface area contributed by atoms with Crippen LogP contribution in [0, 0.1) is 0 Å². The van der Waals surface area contributed by atoms with Crippen molar-refractivity contribution in [1.82, 2.24) is 0 Å². The van der Waals surface area contributed by atoms with Crippen LogP contribution >= 0.6 is 0 Å². The minimum absolute atomic E-state index is 0.124. The van der Waals surface area contributed by atoms with Gasteiger partial charge in [-0.2, -0.15) is 0 Å². The number of furan rings is 1. The van der Waals surface area contributed by atoms with Crippen LogP contribution in [0.25, 0.3) is 32.7 Å². The van der Waals surface area contributed by atoms with E-state index < -0.39 is 0 Å². The summed E-state index contributed by atoms with van der Waals surface area (Å²) in [6.07, 6.45) is 0. The van der Waals surface area contributed by atoms with Crippen LogP contribution < -0.4 is 0 Å². The molecule has 0 amide bonds. The van der Waals surface area contributed by atoms with Gasteiger partial charge >= 0.3 is 0 Å². The summed E-state index contributed by atoms with van der Waals surface area (Å²) in [5, 5.41) is 4.91. The molecule has 4 aromatic rings. The lowest BCUT2D eigenvalue weighted by atomic mass is 9.85. The van der Waals surface area contributed by atoms with Crippen molar-refractivity contribution in [3.8, 4) is 0 Å². The fourth-order valence-electron chi connectivity index (χ4n) is 3.45. The summed E-state index contributed by atoms with van der Waals surface area (Å²) in [5.41, 5.74) is 4.88. The Kier molecular flexibility index (Phi) is 3.31. The van der Waals surface area contributed by atoms with Gasteiger partial charge in [0.2, 0.25) is 0 Å². The first-order valence-corrected chi connectivity index (χ1v) is 9.04. The molecule has 1 nitrogen and oxygen atoms in total. The Labute approximate surface area is 149 Å². The Morgan fingerprint density at radius 1 is 0.560 bits per heavy atom. The van der Waals surface area contributed by atoms with Gasteiger partial charge in [-0.05, 0) is 50.9 Å². The van der Waals surface area contributed by atoms with Crippen LogP contribution in [-0.4, -0.2) is 0 Å². The van der Waals surface area contributed by atoms with Gasteiger partial charge in [0.15, 0.2) is 0 Å². The van der Waals surface area contributed by atoms with Crippen LogP contribution in [0.4, 0.5) is 0 Å². The predicted octanol–water partition coefficient (Wildman–Crippen LogP) is 7.33. The molecular weight excluding hydrogens is 304 g/mol. The van der Waals surface area contributed by atoms with E-state index in [4.69, 9.17) is 4.42 Å². The molecule has 4 rings (SSSR count). The van der Waals surface area contributed by atoms with Crippen molar-refractivity contribution in [2.24, 2.45) is 0 Å². The maximum atomic E-state index is 6.22. The highest BCUT2D eigenvalue weighted by atomic mass is 16.3. The third-order valence-electron chi connectivity index (χ3n) is 5.16. The zero-order chi connectivity index (χ0) is 18.0. The van der Waals surface area contributed by atoms with E-state index in [9.17, 15) is 0 Å². The summed E-state index contributed by atoms with van der Waals surface area (Å²) in [7, 11) is 0. The summed E-state index contributed by atoms with van der Waals surface area (Å²) >= 11 is 0. The van der Waals surface area contributed by atoms with Crippen LogP contribution in [0.1, 0.15) is 52.7 Å². The normalized spacial score (nSPS) is 13.2. The molecule has 1 heterocycles. The first kappa shape index (κ1) is 16.2. The molecule has 0 N–H and O–H groups in total. The second-order valence-electron chi connectivity index (χ2n) is 9.22. The van der Waals surface area contributed by atoms with E-state index in [0.29, 0.717) is 0 Å². The average molecular weight is 330 g/mol. The Hall–Kier alpha value is -2.28. The summed E-state index contributed by atoms with van der Waals surface area (Å²) in [6, 6.07) is 17.9. The highest BCUT2D eigenvalue weighted by molar-refractivity contribution is 6.10. The van der Waals surface area contributed by atoms with Crippen LogP contribution in [0.5, 0.6) is 0 Å². The van der Waals surface area contributed by atoms with Gasteiger partial charge in [-0.3, -0.25) is 0 Å². The number of hydrogen-bond acceptors (Lipinski definition) is 1. The van der Waals surface area contributed by atoms with Crippen molar-refractivity contribution < 1.29 is 4.42 Å². The molecule has 0 radical (unpaired) electrons. The SMILES string of the molecule is CC(C)(C)c1ccc2cc3c(cc2c1)oc1cc(C(C)(C)C)ccc13. The van der Waals surface area contributed by atoms with Gasteiger partial charge in [-0.25, -0.2) is 0 Å². The number of hydrogen-bond donors (Lipinski definition) is 0. The molecule has 3 aromatic carbocycles. The van der Waals surface area contributed by atoms with E-state index >= 15 is 0 Å². The number of benzene rings is 3. The Morgan fingerprint density at radius 3 is 1.84 bits per heavy atom. The molecule has 0 aliphatic carbocycles. The monoisotopic (exact) mass is 330 g/mol. The molecule has 0 saturated heterocycles. The zero-order valence-corrected chi connectivity index (χ0v) is 16.0. The number of rotatable bonds is 0. The third-order valence-corrected chi connectivity index (χ3v) is 5.16. The van der Waals surface area contributed by atoms with Gasteiger partial charge in [0.1, 0.15) is 11.2 Å². The lowest BCUT2D eigenvalue weighted by molar-refractivity contribution is 0.587. The van der Waals surface area contributed by atoms with Crippen molar-refractivity contribution >= 4 is 32.7 Å². The maximum absolute atomic E-state index is 6.22. The molecule has 0 spiro atoms. The maximum Gasteiger partial charge on any atom is 0.136 e. The Balaban J connectivity index is 1.98. The van der Waals surface area contributed by atoms with Gasteiger partial charge in [0.25, 0.3) is 0 Å². The fourth-order valence-corrected chi connectivity index (χ4v) is 3.45. The lowest BCUT2D eigenvalue weighted by Gasteiger charge is -2.19. The molecule has 1 heteroatoms. The van der Waals surface area contributed by atoms with Crippen molar-refractivity contribution in [1.29, 1.82) is 0 Å². The number of fused-ring (bicyclic) bond motifs is 4. The van der Waals surface area contributed by atoms with Crippen LogP contribution in [0.15, 0.2) is 52.9 Å². The second kappa shape index (κ2) is 5.11. The summed E-state index contributed by atoms with van der Waals surface area (Å²) in [4.78, 5) is 0. The van der Waals surface area contributed by atoms with Crippen molar-refractivity contribution in [3.05, 3.63) is 59.7 Å². The largest absolute Gasteiger partial charge is 0.456 e. The molecule has 128 valence electrons. The minimum atomic E-state index is 0.124. The van der Waals surface area contributed by atoms with E-state index in [-0.39, 0.29) is 10.8 Å². The molecule has 0 aliphatic heterocycles. The topological polar surface area (TPSA) is 13.1 Å². The predicted molar refractivity (Wildman–Crippen MR) is 109 cm³/mol. The van der Waals surface area contributed by atoms with E-state index in [1.807, 2.05) is 0 Å². The Morgan fingerprint density at radius 2 is 1.16 bits per heavy atom. The van der Waals surface area contributed by atoms with E-state index in [0.717, 1.165) is 11.2 Å². The van der Waals surface area contributed by atoms with Gasteiger partial charge < -0.3 is 4.42 Å². The Bertz CT molecular complexity index is 1080. The standard InChI is InChI=1S/C24H26O/c1-23(2,3)17-8-7-15-12-20-19-10-9-18(24(4,5)6)14-22(19)25-21(20)13-16(15)11-17/h7-14H,1-6H3. The summed E-state index contributed by atoms with van der Waals surface area (Å²) in [5.74, 6) is 0. The van der Waals surface area contributed by atoms with Gasteiger partial charge in [-0.15, -0.1) is 0 Å². The quantitative estimate of drug-likeness (QED) is 0.329. The average Bonchev–Trinajstić information content (AvgIpc) is 2.87. The third kappa shape index (κ3) is 2.72. The molecule has 0 bridgehead atoms. The van der Waals surface area contributed by atoms with Gasteiger partial charge in [0, 0.05) is 10.8 Å². The zero-order valence-electron chi connectivity index (χ0n) is 16.0. The molecule has 0 saturated carbocycles. The fraction of sp³-hybridized carbons (Fsp3) is 0.333. The van der Waals surface area contributed by atoms with E-state index in [2.05, 4.69) is 90.1 Å². The molecule has 0 atom stereocenters. The van der Waals surface area contributed by atoms with Crippen LogP contribution in [0.3, 0.4) is 0 Å². The molecule has 0 aliphatic rings. The summed E-state index contributed by atoms with van der Waals surface area (Å²) in [6.45, 7) is 13.5.